The van der Waals surface area contributed by atoms with Crippen LogP contribution < -0.4 is 0 Å². The Bertz CT molecular complexity index is 662. The van der Waals surface area contributed by atoms with Crippen molar-refractivity contribution >= 4 is 17.0 Å². The molecule has 4 nitrogen and oxygen atoms in total. The highest BCUT2D eigenvalue weighted by molar-refractivity contribution is 5.92. The highest BCUT2D eigenvalue weighted by atomic mass is 19.4. The molecule has 0 saturated carbocycles. The number of halogens is 3. The molecule has 1 aromatic carbocycles. The van der Waals surface area contributed by atoms with E-state index in [9.17, 15) is 18.0 Å². The molecule has 1 aromatic heterocycles. The van der Waals surface area contributed by atoms with E-state index in [2.05, 4.69) is 4.98 Å². The largest absolute Gasteiger partial charge is 0.478 e. The van der Waals surface area contributed by atoms with Crippen molar-refractivity contribution in [2.24, 2.45) is 0 Å². The zero-order chi connectivity index (χ0) is 15.6. The van der Waals surface area contributed by atoms with Crippen molar-refractivity contribution in [3.05, 3.63) is 29.6 Å². The zero-order valence-corrected chi connectivity index (χ0v) is 11.4. The maximum absolute atomic E-state index is 12.1. The SMILES string of the molecule is Cc1nc2ccc(C(=O)O)cc2n1CCCCC(F)(F)F. The number of hydrogen-bond donors (Lipinski definition) is 1. The van der Waals surface area contributed by atoms with Crippen molar-refractivity contribution in [3.63, 3.8) is 0 Å². The number of aromatic carboxylic acids is 1. The average Bonchev–Trinajstić information content (AvgIpc) is 2.68. The summed E-state index contributed by atoms with van der Waals surface area (Å²) in [6.45, 7) is 2.14. The van der Waals surface area contributed by atoms with Gasteiger partial charge in [-0.25, -0.2) is 9.78 Å². The Balaban J connectivity index is 2.16. The third kappa shape index (κ3) is 3.74. The Hall–Kier alpha value is -2.05. The van der Waals surface area contributed by atoms with Gasteiger partial charge in [0.2, 0.25) is 0 Å². The van der Waals surface area contributed by atoms with E-state index in [4.69, 9.17) is 5.11 Å². The maximum Gasteiger partial charge on any atom is 0.389 e. The van der Waals surface area contributed by atoms with Crippen LogP contribution in [0, 0.1) is 6.92 Å². The van der Waals surface area contributed by atoms with Gasteiger partial charge in [-0.05, 0) is 38.0 Å². The van der Waals surface area contributed by atoms with Crippen LogP contribution in [0.5, 0.6) is 0 Å². The lowest BCUT2D eigenvalue weighted by atomic mass is 10.2. The first-order valence-electron chi connectivity index (χ1n) is 6.55. The summed E-state index contributed by atoms with van der Waals surface area (Å²) in [6, 6.07) is 4.57. The van der Waals surface area contributed by atoms with Gasteiger partial charge in [-0.15, -0.1) is 0 Å². The summed E-state index contributed by atoms with van der Waals surface area (Å²) in [5.74, 6) is -0.376. The number of aryl methyl sites for hydroxylation is 2. The topological polar surface area (TPSA) is 55.1 Å². The molecule has 0 saturated heterocycles. The van der Waals surface area contributed by atoms with Crippen LogP contribution in [0.25, 0.3) is 11.0 Å². The lowest BCUT2D eigenvalue weighted by Crippen LogP contribution is -2.08. The molecule has 0 unspecified atom stereocenters. The van der Waals surface area contributed by atoms with Crippen LogP contribution in [0.1, 0.15) is 35.4 Å². The molecule has 21 heavy (non-hydrogen) atoms. The second-order valence-corrected chi connectivity index (χ2v) is 4.89. The Kier molecular flexibility index (Phi) is 4.20. The number of fused-ring (bicyclic) bond motifs is 1. The third-order valence-corrected chi connectivity index (χ3v) is 3.28. The van der Waals surface area contributed by atoms with Crippen LogP contribution in [0.4, 0.5) is 13.2 Å². The highest BCUT2D eigenvalue weighted by Gasteiger charge is 2.25. The predicted octanol–water partition coefficient (Wildman–Crippen LogP) is 3.78. The number of aromatic nitrogens is 2. The minimum absolute atomic E-state index is 0.0429. The molecule has 7 heteroatoms. The van der Waals surface area contributed by atoms with Gasteiger partial charge in [0.25, 0.3) is 0 Å². The fraction of sp³-hybridized carbons (Fsp3) is 0.429. The van der Waals surface area contributed by atoms with Crippen molar-refractivity contribution in [2.75, 3.05) is 0 Å². The van der Waals surface area contributed by atoms with Crippen LogP contribution in [0.3, 0.4) is 0 Å². The molecular weight excluding hydrogens is 285 g/mol. The lowest BCUT2D eigenvalue weighted by Gasteiger charge is -2.08. The number of carboxylic acid groups (broad SMARTS) is 1. The number of alkyl halides is 3. The number of benzene rings is 1. The molecular formula is C14H15F3N2O2. The molecule has 0 aliphatic rings. The zero-order valence-electron chi connectivity index (χ0n) is 11.4. The van der Waals surface area contributed by atoms with E-state index in [1.54, 1.807) is 17.6 Å². The van der Waals surface area contributed by atoms with E-state index in [1.807, 2.05) is 0 Å². The van der Waals surface area contributed by atoms with E-state index in [1.165, 1.54) is 12.1 Å². The van der Waals surface area contributed by atoms with E-state index < -0.39 is 18.6 Å². The summed E-state index contributed by atoms with van der Waals surface area (Å²) >= 11 is 0. The molecule has 0 atom stereocenters. The van der Waals surface area contributed by atoms with E-state index in [0.717, 1.165) is 0 Å². The van der Waals surface area contributed by atoms with E-state index in [-0.39, 0.29) is 12.0 Å². The molecule has 0 amide bonds. The number of carbonyl (C=O) groups is 1. The van der Waals surface area contributed by atoms with Gasteiger partial charge in [0.1, 0.15) is 5.82 Å². The normalized spacial score (nSPS) is 12.0. The fourth-order valence-electron chi connectivity index (χ4n) is 2.25. The number of nitrogens with zero attached hydrogens (tertiary/aromatic N) is 2. The summed E-state index contributed by atoms with van der Waals surface area (Å²) in [6.07, 6.45) is -4.54. The number of imidazole rings is 1. The fourth-order valence-corrected chi connectivity index (χ4v) is 2.25. The Morgan fingerprint density at radius 1 is 1.33 bits per heavy atom. The van der Waals surface area contributed by atoms with Gasteiger partial charge in [-0.3, -0.25) is 0 Å². The Labute approximate surface area is 119 Å². The summed E-state index contributed by atoms with van der Waals surface area (Å²) in [4.78, 5) is 15.3. The Morgan fingerprint density at radius 3 is 2.67 bits per heavy atom. The quantitative estimate of drug-likeness (QED) is 0.855. The molecule has 2 rings (SSSR count). The minimum Gasteiger partial charge on any atom is -0.478 e. The summed E-state index contributed by atoms with van der Waals surface area (Å²) < 4.78 is 38.1. The first kappa shape index (κ1) is 15.3. The van der Waals surface area contributed by atoms with E-state index >= 15 is 0 Å². The molecule has 1 N–H and O–H groups in total. The highest BCUT2D eigenvalue weighted by Crippen LogP contribution is 2.23. The minimum atomic E-state index is -4.14. The van der Waals surface area contributed by atoms with Gasteiger partial charge in [-0.1, -0.05) is 0 Å². The van der Waals surface area contributed by atoms with Crippen molar-refractivity contribution < 1.29 is 23.1 Å². The number of hydrogen-bond acceptors (Lipinski definition) is 2. The maximum atomic E-state index is 12.1. The second kappa shape index (κ2) is 5.75. The van der Waals surface area contributed by atoms with Gasteiger partial charge >= 0.3 is 12.1 Å². The van der Waals surface area contributed by atoms with Crippen LogP contribution in [-0.2, 0) is 6.54 Å². The number of carboxylic acids is 1. The summed E-state index contributed by atoms with van der Waals surface area (Å²) in [5.41, 5.74) is 1.42. The van der Waals surface area contributed by atoms with E-state index in [0.29, 0.717) is 29.8 Å². The first-order valence-corrected chi connectivity index (χ1v) is 6.55. The average molecular weight is 300 g/mol. The van der Waals surface area contributed by atoms with Crippen LogP contribution in [0.2, 0.25) is 0 Å². The van der Waals surface area contributed by atoms with Crippen molar-refractivity contribution in [3.8, 4) is 0 Å². The predicted molar refractivity (Wildman–Crippen MR) is 71.3 cm³/mol. The molecule has 0 bridgehead atoms. The standard InChI is InChI=1S/C14H15F3N2O2/c1-9-18-11-5-4-10(13(20)21)8-12(11)19(9)7-3-2-6-14(15,16)17/h4-5,8H,2-3,6-7H2,1H3,(H,20,21). The summed E-state index contributed by atoms with van der Waals surface area (Å²) in [7, 11) is 0. The molecule has 0 spiro atoms. The lowest BCUT2D eigenvalue weighted by molar-refractivity contribution is -0.135. The molecule has 2 aromatic rings. The number of rotatable bonds is 5. The van der Waals surface area contributed by atoms with Crippen molar-refractivity contribution in [1.82, 2.24) is 9.55 Å². The molecule has 0 aliphatic carbocycles. The molecule has 0 fully saturated rings. The van der Waals surface area contributed by atoms with Crippen molar-refractivity contribution in [2.45, 2.75) is 38.9 Å². The smallest absolute Gasteiger partial charge is 0.389 e. The van der Waals surface area contributed by atoms with Crippen LogP contribution in [-0.4, -0.2) is 26.8 Å². The van der Waals surface area contributed by atoms with Gasteiger partial charge < -0.3 is 9.67 Å². The third-order valence-electron chi connectivity index (χ3n) is 3.28. The molecule has 1 heterocycles. The van der Waals surface area contributed by atoms with Gasteiger partial charge in [0, 0.05) is 13.0 Å². The van der Waals surface area contributed by atoms with Crippen molar-refractivity contribution in [1.29, 1.82) is 0 Å². The van der Waals surface area contributed by atoms with Crippen LogP contribution >= 0.6 is 0 Å². The number of unbranched alkanes of at least 4 members (excludes halogenated alkanes) is 1. The van der Waals surface area contributed by atoms with Gasteiger partial charge in [0.05, 0.1) is 16.6 Å². The van der Waals surface area contributed by atoms with Gasteiger partial charge in [0.15, 0.2) is 0 Å². The summed E-state index contributed by atoms with van der Waals surface area (Å²) in [5, 5.41) is 8.99. The first-order chi connectivity index (χ1) is 9.78. The molecule has 114 valence electrons. The van der Waals surface area contributed by atoms with Gasteiger partial charge in [-0.2, -0.15) is 13.2 Å². The molecule has 0 radical (unpaired) electrons. The van der Waals surface area contributed by atoms with Crippen LogP contribution in [0.15, 0.2) is 18.2 Å². The Morgan fingerprint density at radius 2 is 2.05 bits per heavy atom. The monoisotopic (exact) mass is 300 g/mol. The second-order valence-electron chi connectivity index (χ2n) is 4.89. The molecule has 0 aliphatic heterocycles.